The largest absolute Gasteiger partial charge is 0.476 e. The molecule has 12 heavy (non-hydrogen) atoms. The van der Waals surface area contributed by atoms with Gasteiger partial charge < -0.3 is 10.1 Å². The molecule has 5 nitrogen and oxygen atoms in total. The zero-order valence-corrected chi connectivity index (χ0v) is 8.38. The molecule has 0 aliphatic carbocycles. The van der Waals surface area contributed by atoms with Crippen molar-refractivity contribution < 1.29 is 9.90 Å². The SMILES string of the molecule is O=C(O)c1nc(I)[nH]c(=O)c1Cl. The number of carboxylic acids is 1. The van der Waals surface area contributed by atoms with Gasteiger partial charge >= 0.3 is 5.97 Å². The van der Waals surface area contributed by atoms with Gasteiger partial charge in [-0.25, -0.2) is 9.78 Å². The van der Waals surface area contributed by atoms with Crippen molar-refractivity contribution in [2.75, 3.05) is 0 Å². The number of hydrogen-bond donors (Lipinski definition) is 2. The van der Waals surface area contributed by atoms with E-state index in [1.54, 1.807) is 22.6 Å². The summed E-state index contributed by atoms with van der Waals surface area (Å²) < 4.78 is 0.194. The fourth-order valence-corrected chi connectivity index (χ4v) is 1.23. The highest BCUT2D eigenvalue weighted by atomic mass is 127. The first-order valence-corrected chi connectivity index (χ1v) is 4.16. The summed E-state index contributed by atoms with van der Waals surface area (Å²) in [6.07, 6.45) is 0. The lowest BCUT2D eigenvalue weighted by Crippen LogP contribution is -2.16. The molecule has 1 rings (SSSR count). The van der Waals surface area contributed by atoms with Gasteiger partial charge in [0.2, 0.25) is 0 Å². The van der Waals surface area contributed by atoms with Crippen LogP contribution in [0.25, 0.3) is 0 Å². The van der Waals surface area contributed by atoms with Crippen molar-refractivity contribution >= 4 is 40.2 Å². The molecule has 0 spiro atoms. The molecule has 2 N–H and O–H groups in total. The van der Waals surface area contributed by atoms with E-state index in [0.29, 0.717) is 0 Å². The van der Waals surface area contributed by atoms with E-state index in [4.69, 9.17) is 16.7 Å². The molecular weight excluding hydrogens is 298 g/mol. The molecule has 7 heteroatoms. The highest BCUT2D eigenvalue weighted by Crippen LogP contribution is 2.07. The van der Waals surface area contributed by atoms with Gasteiger partial charge in [0.1, 0.15) is 5.02 Å². The molecule has 0 aliphatic rings. The van der Waals surface area contributed by atoms with Gasteiger partial charge in [-0.05, 0) is 22.6 Å². The zero-order valence-electron chi connectivity index (χ0n) is 5.47. The van der Waals surface area contributed by atoms with Gasteiger partial charge in [0.25, 0.3) is 5.56 Å². The maximum atomic E-state index is 10.9. The first kappa shape index (κ1) is 9.46. The van der Waals surface area contributed by atoms with Crippen molar-refractivity contribution in [3.63, 3.8) is 0 Å². The van der Waals surface area contributed by atoms with Crippen molar-refractivity contribution in [2.24, 2.45) is 0 Å². The maximum absolute atomic E-state index is 10.9. The Kier molecular flexibility index (Phi) is 2.68. The van der Waals surface area contributed by atoms with Gasteiger partial charge in [-0.2, -0.15) is 0 Å². The van der Waals surface area contributed by atoms with E-state index in [0.717, 1.165) is 0 Å². The van der Waals surface area contributed by atoms with Crippen LogP contribution in [0.2, 0.25) is 5.02 Å². The Balaban J connectivity index is 3.48. The smallest absolute Gasteiger partial charge is 0.356 e. The molecule has 0 bridgehead atoms. The highest BCUT2D eigenvalue weighted by molar-refractivity contribution is 14.1. The summed E-state index contributed by atoms with van der Waals surface area (Å²) in [6, 6.07) is 0. The van der Waals surface area contributed by atoms with Crippen molar-refractivity contribution in [2.45, 2.75) is 0 Å². The van der Waals surface area contributed by atoms with Crippen LogP contribution in [0.1, 0.15) is 10.5 Å². The average molecular weight is 300 g/mol. The lowest BCUT2D eigenvalue weighted by molar-refractivity contribution is 0.0690. The molecule has 0 unspecified atom stereocenters. The Labute approximate surface area is 84.9 Å². The third-order valence-corrected chi connectivity index (χ3v) is 1.90. The molecular formula is C5H2ClIN2O3. The van der Waals surface area contributed by atoms with Gasteiger partial charge in [0.15, 0.2) is 9.53 Å². The average Bonchev–Trinajstić information content (AvgIpc) is 1.96. The van der Waals surface area contributed by atoms with Crippen molar-refractivity contribution in [1.82, 2.24) is 9.97 Å². The molecule has 64 valence electrons. The summed E-state index contributed by atoms with van der Waals surface area (Å²) in [4.78, 5) is 27.1. The molecule has 1 heterocycles. The third-order valence-electron chi connectivity index (χ3n) is 1.04. The molecule has 0 aliphatic heterocycles. The molecule has 0 aromatic carbocycles. The molecule has 1 aromatic heterocycles. The second kappa shape index (κ2) is 3.40. The second-order valence-electron chi connectivity index (χ2n) is 1.82. The molecule has 0 radical (unpaired) electrons. The van der Waals surface area contributed by atoms with Crippen LogP contribution in [0, 0.1) is 3.83 Å². The fraction of sp³-hybridized carbons (Fsp3) is 0. The number of nitrogens with one attached hydrogen (secondary N) is 1. The number of rotatable bonds is 1. The standard InChI is InChI=1S/C5H2ClIN2O3/c6-1-2(4(11)12)8-5(7)9-3(1)10/h(H,11,12)(H,8,9,10). The Morgan fingerprint density at radius 1 is 1.67 bits per heavy atom. The molecule has 0 amide bonds. The normalized spacial score (nSPS) is 9.83. The minimum absolute atomic E-state index is 0.194. The van der Waals surface area contributed by atoms with Crippen molar-refractivity contribution in [1.29, 1.82) is 0 Å². The van der Waals surface area contributed by atoms with Gasteiger partial charge in [0, 0.05) is 0 Å². The Hall–Kier alpha value is -0.630. The van der Waals surface area contributed by atoms with Gasteiger partial charge in [-0.3, -0.25) is 4.79 Å². The quantitative estimate of drug-likeness (QED) is 0.591. The number of H-pyrrole nitrogens is 1. The summed E-state index contributed by atoms with van der Waals surface area (Å²) in [5, 5.41) is 8.11. The topological polar surface area (TPSA) is 83.0 Å². The molecule has 0 atom stereocenters. The van der Waals surface area contributed by atoms with E-state index < -0.39 is 22.2 Å². The van der Waals surface area contributed by atoms with Crippen LogP contribution in [0.5, 0.6) is 0 Å². The number of aromatic carboxylic acids is 1. The third kappa shape index (κ3) is 1.75. The molecule has 0 fully saturated rings. The summed E-state index contributed by atoms with van der Waals surface area (Å²) in [5.74, 6) is -1.32. The van der Waals surface area contributed by atoms with Crippen LogP contribution in [0.15, 0.2) is 4.79 Å². The number of aromatic amines is 1. The van der Waals surface area contributed by atoms with Crippen LogP contribution >= 0.6 is 34.2 Å². The number of halogens is 2. The van der Waals surface area contributed by atoms with Gasteiger partial charge in [-0.15, -0.1) is 0 Å². The maximum Gasteiger partial charge on any atom is 0.356 e. The predicted molar refractivity (Wildman–Crippen MR) is 49.5 cm³/mol. The molecule has 0 saturated heterocycles. The minimum Gasteiger partial charge on any atom is -0.476 e. The number of carboxylic acid groups (broad SMARTS) is 1. The fourth-order valence-electron chi connectivity index (χ4n) is 0.573. The van der Waals surface area contributed by atoms with E-state index in [2.05, 4.69) is 9.97 Å². The summed E-state index contributed by atoms with van der Waals surface area (Å²) >= 11 is 7.06. The highest BCUT2D eigenvalue weighted by Gasteiger charge is 2.14. The Morgan fingerprint density at radius 3 is 2.75 bits per heavy atom. The van der Waals surface area contributed by atoms with Gasteiger partial charge in [0.05, 0.1) is 0 Å². The molecule has 1 aromatic rings. The van der Waals surface area contributed by atoms with E-state index >= 15 is 0 Å². The van der Waals surface area contributed by atoms with E-state index in [1.807, 2.05) is 0 Å². The number of nitrogens with zero attached hydrogens (tertiary/aromatic N) is 1. The van der Waals surface area contributed by atoms with Crippen LogP contribution < -0.4 is 5.56 Å². The van der Waals surface area contributed by atoms with Crippen LogP contribution in [-0.4, -0.2) is 21.0 Å². The first-order chi connectivity index (χ1) is 5.52. The second-order valence-corrected chi connectivity index (χ2v) is 3.22. The number of carbonyl (C=O) groups is 1. The van der Waals surface area contributed by atoms with E-state index in [-0.39, 0.29) is 3.83 Å². The van der Waals surface area contributed by atoms with E-state index in [1.165, 1.54) is 0 Å². The number of hydrogen-bond acceptors (Lipinski definition) is 3. The van der Waals surface area contributed by atoms with E-state index in [9.17, 15) is 9.59 Å². The molecule has 0 saturated carbocycles. The summed E-state index contributed by atoms with van der Waals surface area (Å²) in [6.45, 7) is 0. The Morgan fingerprint density at radius 2 is 2.25 bits per heavy atom. The zero-order chi connectivity index (χ0) is 9.30. The van der Waals surface area contributed by atoms with Crippen LogP contribution in [0.4, 0.5) is 0 Å². The Bertz CT molecular complexity index is 389. The van der Waals surface area contributed by atoms with Crippen molar-refractivity contribution in [3.8, 4) is 0 Å². The summed E-state index contributed by atoms with van der Waals surface area (Å²) in [7, 11) is 0. The van der Waals surface area contributed by atoms with Gasteiger partial charge in [-0.1, -0.05) is 11.6 Å². The monoisotopic (exact) mass is 300 g/mol. The predicted octanol–water partition coefficient (Wildman–Crippen LogP) is 0.726. The first-order valence-electron chi connectivity index (χ1n) is 2.71. The number of aromatic nitrogens is 2. The van der Waals surface area contributed by atoms with Crippen LogP contribution in [0.3, 0.4) is 0 Å². The minimum atomic E-state index is -1.32. The summed E-state index contributed by atoms with van der Waals surface area (Å²) in [5.41, 5.74) is -1.07. The lowest BCUT2D eigenvalue weighted by atomic mass is 10.4. The van der Waals surface area contributed by atoms with Crippen LogP contribution in [-0.2, 0) is 0 Å². The van der Waals surface area contributed by atoms with Crippen molar-refractivity contribution in [3.05, 3.63) is 24.9 Å². The lowest BCUT2D eigenvalue weighted by Gasteiger charge is -1.96.